The van der Waals surface area contributed by atoms with Crippen LogP contribution in [0.2, 0.25) is 0 Å². The van der Waals surface area contributed by atoms with Crippen molar-refractivity contribution in [1.82, 2.24) is 4.98 Å². The Morgan fingerprint density at radius 3 is 2.61 bits per heavy atom. The summed E-state index contributed by atoms with van der Waals surface area (Å²) in [6.07, 6.45) is -1.47. The summed E-state index contributed by atoms with van der Waals surface area (Å²) >= 11 is 0. The van der Waals surface area contributed by atoms with Crippen LogP contribution in [0.1, 0.15) is 24.1 Å². The molecule has 0 unspecified atom stereocenters. The predicted molar refractivity (Wildman–Crippen MR) is 112 cm³/mol. The molecule has 0 radical (unpaired) electrons. The van der Waals surface area contributed by atoms with Crippen molar-refractivity contribution in [2.45, 2.75) is 32.0 Å². The fraction of sp³-hybridized carbons (Fsp3) is 0.333. The van der Waals surface area contributed by atoms with Crippen LogP contribution in [0.15, 0.2) is 53.1 Å². The molecule has 9 heteroatoms. The summed E-state index contributed by atoms with van der Waals surface area (Å²) in [5, 5.41) is 0. The highest BCUT2D eigenvalue weighted by atomic mass is 19.4. The first-order chi connectivity index (χ1) is 15.8. The number of methoxy groups -OCH3 is 1. The van der Waals surface area contributed by atoms with Crippen LogP contribution in [-0.2, 0) is 17.6 Å². The second-order valence-electron chi connectivity index (χ2n) is 7.81. The Morgan fingerprint density at radius 2 is 1.88 bits per heavy atom. The van der Waals surface area contributed by atoms with E-state index in [1.54, 1.807) is 31.4 Å². The Labute approximate surface area is 188 Å². The molecule has 174 valence electrons. The summed E-state index contributed by atoms with van der Waals surface area (Å²) in [4.78, 5) is 16.8. The Morgan fingerprint density at radius 1 is 1.09 bits per heavy atom. The number of rotatable bonds is 10. The maximum Gasteiger partial charge on any atom is 0.573 e. The summed E-state index contributed by atoms with van der Waals surface area (Å²) < 4.78 is 58.5. The van der Waals surface area contributed by atoms with Crippen molar-refractivity contribution in [2.75, 3.05) is 13.7 Å². The number of carbonyl (C=O) groups excluding carboxylic acids is 1. The second-order valence-corrected chi connectivity index (χ2v) is 7.81. The van der Waals surface area contributed by atoms with Crippen molar-refractivity contribution in [3.8, 4) is 28.7 Å². The number of hydrogen-bond acceptors (Lipinski definition) is 6. The first kappa shape index (κ1) is 22.7. The number of Topliss-reactive ketones (excluding diaryl/α,β-unsaturated/α-hetero) is 1. The van der Waals surface area contributed by atoms with Gasteiger partial charge in [0.05, 0.1) is 25.8 Å². The zero-order valence-corrected chi connectivity index (χ0v) is 17.9. The number of carbonyl (C=O) groups is 1. The number of para-hydroxylation sites is 1. The van der Waals surface area contributed by atoms with Crippen molar-refractivity contribution in [2.24, 2.45) is 5.92 Å². The van der Waals surface area contributed by atoms with Crippen LogP contribution in [0.4, 0.5) is 13.2 Å². The van der Waals surface area contributed by atoms with E-state index in [-0.39, 0.29) is 24.2 Å². The summed E-state index contributed by atoms with van der Waals surface area (Å²) in [7, 11) is 1.56. The van der Waals surface area contributed by atoms with Gasteiger partial charge in [0, 0.05) is 17.5 Å². The second kappa shape index (κ2) is 9.56. The maximum absolute atomic E-state index is 12.6. The number of oxazole rings is 1. The normalized spacial score (nSPS) is 13.6. The van der Waals surface area contributed by atoms with Gasteiger partial charge in [-0.1, -0.05) is 18.2 Å². The highest BCUT2D eigenvalue weighted by molar-refractivity contribution is 5.83. The van der Waals surface area contributed by atoms with Crippen molar-refractivity contribution < 1.29 is 36.6 Å². The molecule has 0 spiro atoms. The molecule has 1 aliphatic carbocycles. The lowest BCUT2D eigenvalue weighted by atomic mass is 10.1. The van der Waals surface area contributed by atoms with Crippen molar-refractivity contribution in [3.63, 3.8) is 0 Å². The van der Waals surface area contributed by atoms with E-state index in [0.717, 1.165) is 12.8 Å². The van der Waals surface area contributed by atoms with E-state index in [1.165, 1.54) is 24.5 Å². The fourth-order valence-corrected chi connectivity index (χ4v) is 3.29. The molecule has 2 aromatic carbocycles. The average Bonchev–Trinajstić information content (AvgIpc) is 3.49. The summed E-state index contributed by atoms with van der Waals surface area (Å²) in [6, 6.07) is 10.9. The van der Waals surface area contributed by atoms with Gasteiger partial charge in [-0.25, -0.2) is 4.98 Å². The zero-order chi connectivity index (χ0) is 23.4. The highest BCUT2D eigenvalue weighted by Gasteiger charge is 2.32. The topological polar surface area (TPSA) is 70.8 Å². The van der Waals surface area contributed by atoms with Crippen LogP contribution in [0, 0.1) is 5.92 Å². The zero-order valence-electron chi connectivity index (χ0n) is 17.9. The van der Waals surface area contributed by atoms with Gasteiger partial charge in [-0.05, 0) is 43.0 Å². The van der Waals surface area contributed by atoms with E-state index >= 15 is 0 Å². The number of nitrogens with zero attached hydrogens (tertiary/aromatic N) is 1. The molecule has 0 bridgehead atoms. The third-order valence-corrected chi connectivity index (χ3v) is 5.10. The Hall–Kier alpha value is -3.49. The molecule has 1 saturated carbocycles. The third-order valence-electron chi connectivity index (χ3n) is 5.10. The van der Waals surface area contributed by atoms with E-state index in [2.05, 4.69) is 9.72 Å². The summed E-state index contributed by atoms with van der Waals surface area (Å²) in [5.41, 5.74) is 1.18. The molecule has 1 fully saturated rings. The minimum Gasteiger partial charge on any atom is -0.493 e. The lowest BCUT2D eigenvalue weighted by Crippen LogP contribution is -2.19. The number of halogens is 3. The van der Waals surface area contributed by atoms with Crippen LogP contribution in [-0.4, -0.2) is 30.8 Å². The lowest BCUT2D eigenvalue weighted by molar-refractivity contribution is -0.274. The molecule has 0 aliphatic heterocycles. The smallest absolute Gasteiger partial charge is 0.493 e. The summed E-state index contributed by atoms with van der Waals surface area (Å²) in [6.45, 7) is 0.616. The number of aromatic nitrogens is 1. The van der Waals surface area contributed by atoms with Gasteiger partial charge in [-0.3, -0.25) is 4.79 Å². The molecule has 3 aromatic rings. The molecule has 6 nitrogen and oxygen atoms in total. The minimum absolute atomic E-state index is 0.0922. The number of benzene rings is 2. The number of ketones is 1. The lowest BCUT2D eigenvalue weighted by Gasteiger charge is -2.12. The quantitative estimate of drug-likeness (QED) is 0.403. The van der Waals surface area contributed by atoms with E-state index in [1.807, 2.05) is 0 Å². The van der Waals surface area contributed by atoms with Crippen LogP contribution >= 0.6 is 0 Å². The van der Waals surface area contributed by atoms with Gasteiger partial charge in [0.15, 0.2) is 11.5 Å². The Balaban J connectivity index is 1.43. The minimum atomic E-state index is -4.83. The van der Waals surface area contributed by atoms with Gasteiger partial charge in [-0.15, -0.1) is 13.2 Å². The van der Waals surface area contributed by atoms with Crippen LogP contribution < -0.4 is 14.2 Å². The number of ether oxygens (including phenoxy) is 3. The molecule has 0 saturated heterocycles. The highest BCUT2D eigenvalue weighted by Crippen LogP contribution is 2.35. The molecule has 33 heavy (non-hydrogen) atoms. The monoisotopic (exact) mass is 461 g/mol. The first-order valence-electron chi connectivity index (χ1n) is 10.4. The van der Waals surface area contributed by atoms with Crippen LogP contribution in [0.25, 0.3) is 11.5 Å². The van der Waals surface area contributed by atoms with Gasteiger partial charge >= 0.3 is 6.36 Å². The van der Waals surface area contributed by atoms with E-state index < -0.39 is 12.1 Å². The average molecular weight is 461 g/mol. The van der Waals surface area contributed by atoms with Crippen molar-refractivity contribution in [3.05, 3.63) is 60.0 Å². The maximum atomic E-state index is 12.6. The molecule has 0 atom stereocenters. The molecule has 0 amide bonds. The number of alkyl halides is 3. The molecular formula is C24H22F3NO5. The molecular weight excluding hydrogens is 439 g/mol. The van der Waals surface area contributed by atoms with E-state index in [4.69, 9.17) is 13.9 Å². The molecule has 1 heterocycles. The predicted octanol–water partition coefficient (Wildman–Crippen LogP) is 5.39. The van der Waals surface area contributed by atoms with Gasteiger partial charge in [0.1, 0.15) is 17.8 Å². The van der Waals surface area contributed by atoms with Gasteiger partial charge in [0.2, 0.25) is 5.89 Å². The van der Waals surface area contributed by atoms with Crippen LogP contribution in [0.5, 0.6) is 17.2 Å². The molecule has 1 aliphatic rings. The Bertz CT molecular complexity index is 1120. The van der Waals surface area contributed by atoms with Gasteiger partial charge < -0.3 is 18.6 Å². The van der Waals surface area contributed by atoms with E-state index in [9.17, 15) is 18.0 Å². The van der Waals surface area contributed by atoms with E-state index in [0.29, 0.717) is 41.2 Å². The van der Waals surface area contributed by atoms with Crippen LogP contribution in [0.3, 0.4) is 0 Å². The van der Waals surface area contributed by atoms with Crippen molar-refractivity contribution in [1.29, 1.82) is 0 Å². The number of hydrogen-bond donors (Lipinski definition) is 0. The molecule has 0 N–H and O–H groups in total. The fourth-order valence-electron chi connectivity index (χ4n) is 3.29. The largest absolute Gasteiger partial charge is 0.573 e. The molecule has 4 rings (SSSR count). The SMILES string of the molecule is COc1ccc(-c2nc(CC(=O)Cc3ccccc3OC(F)(F)F)co2)cc1OCC1CC1. The van der Waals surface area contributed by atoms with Gasteiger partial charge in [0.25, 0.3) is 0 Å². The van der Waals surface area contributed by atoms with Gasteiger partial charge in [-0.2, -0.15) is 0 Å². The first-order valence-corrected chi connectivity index (χ1v) is 10.4. The molecule has 1 aromatic heterocycles. The third kappa shape index (κ3) is 6.27. The summed E-state index contributed by atoms with van der Waals surface area (Å²) in [5.74, 6) is 1.34. The standard InChI is InChI=1S/C24H22F3NO5/c1-30-21-9-8-17(11-22(21)31-13-15-6-7-15)23-28-18(14-32-23)12-19(29)10-16-4-2-3-5-20(16)33-24(25,26)27/h2-5,8-9,11,14-15H,6-7,10,12-13H2,1H3. The Kier molecular flexibility index (Phi) is 6.57. The van der Waals surface area contributed by atoms with Crippen molar-refractivity contribution >= 4 is 5.78 Å².